The van der Waals surface area contributed by atoms with Crippen LogP contribution in [0.3, 0.4) is 0 Å². The van der Waals surface area contributed by atoms with Gasteiger partial charge in [0.05, 0.1) is 20.3 Å². The lowest BCUT2D eigenvalue weighted by Crippen LogP contribution is -2.23. The van der Waals surface area contributed by atoms with Gasteiger partial charge in [0.1, 0.15) is 0 Å². The quantitative estimate of drug-likeness (QED) is 0.833. The summed E-state index contributed by atoms with van der Waals surface area (Å²) in [6, 6.07) is 6.32. The van der Waals surface area contributed by atoms with Crippen molar-refractivity contribution >= 4 is 11.3 Å². The molecule has 0 amide bonds. The molecule has 0 aliphatic carbocycles. The molecule has 1 aromatic heterocycles. The summed E-state index contributed by atoms with van der Waals surface area (Å²) in [5, 5.41) is 8.04. The Morgan fingerprint density at radius 3 is 2.48 bits per heavy atom. The minimum Gasteiger partial charge on any atom is -0.493 e. The van der Waals surface area contributed by atoms with Crippen molar-refractivity contribution in [3.63, 3.8) is 0 Å². The number of ether oxygens (including phenoxy) is 2. The van der Waals surface area contributed by atoms with Gasteiger partial charge in [-0.15, -0.1) is 0 Å². The van der Waals surface area contributed by atoms with Gasteiger partial charge in [-0.2, -0.15) is 11.3 Å². The van der Waals surface area contributed by atoms with Gasteiger partial charge in [0.15, 0.2) is 11.5 Å². The van der Waals surface area contributed by atoms with E-state index in [4.69, 9.17) is 9.47 Å². The summed E-state index contributed by atoms with van der Waals surface area (Å²) in [6.07, 6.45) is 1.10. The summed E-state index contributed by atoms with van der Waals surface area (Å²) in [5.41, 5.74) is 3.85. The molecule has 1 unspecified atom stereocenters. The third-order valence-electron chi connectivity index (χ3n) is 3.55. The Balaban J connectivity index is 2.39. The smallest absolute Gasteiger partial charge is 0.161 e. The second-order valence-electron chi connectivity index (χ2n) is 5.01. The average molecular weight is 305 g/mol. The van der Waals surface area contributed by atoms with Gasteiger partial charge >= 0.3 is 0 Å². The number of thiophene rings is 1. The average Bonchev–Trinajstić information content (AvgIpc) is 2.93. The fourth-order valence-electron chi connectivity index (χ4n) is 2.39. The maximum Gasteiger partial charge on any atom is 0.161 e. The lowest BCUT2D eigenvalue weighted by atomic mass is 9.98. The lowest BCUT2D eigenvalue weighted by Gasteiger charge is -2.21. The number of aryl methyl sites for hydroxylation is 1. The maximum absolute atomic E-state index is 5.43. The van der Waals surface area contributed by atoms with Crippen molar-refractivity contribution in [1.82, 2.24) is 5.32 Å². The van der Waals surface area contributed by atoms with Gasteiger partial charge in [-0.05, 0) is 59.5 Å². The molecule has 1 N–H and O–H groups in total. The van der Waals surface area contributed by atoms with E-state index in [2.05, 4.69) is 42.1 Å². The molecular weight excluding hydrogens is 282 g/mol. The van der Waals surface area contributed by atoms with Gasteiger partial charge < -0.3 is 14.8 Å². The van der Waals surface area contributed by atoms with Gasteiger partial charge in [0.25, 0.3) is 0 Å². The van der Waals surface area contributed by atoms with E-state index in [1.807, 2.05) is 6.07 Å². The summed E-state index contributed by atoms with van der Waals surface area (Å²) >= 11 is 1.74. The van der Waals surface area contributed by atoms with Crippen molar-refractivity contribution in [1.29, 1.82) is 0 Å². The number of hydrogen-bond donors (Lipinski definition) is 1. The van der Waals surface area contributed by atoms with Gasteiger partial charge in [0.2, 0.25) is 0 Å². The monoisotopic (exact) mass is 305 g/mol. The Hall–Kier alpha value is -1.52. The lowest BCUT2D eigenvalue weighted by molar-refractivity contribution is 0.354. The Morgan fingerprint density at radius 2 is 1.90 bits per heavy atom. The van der Waals surface area contributed by atoms with Crippen LogP contribution in [-0.4, -0.2) is 20.8 Å². The van der Waals surface area contributed by atoms with Gasteiger partial charge in [-0.3, -0.25) is 0 Å². The van der Waals surface area contributed by atoms with E-state index in [1.54, 1.807) is 25.6 Å². The molecule has 21 heavy (non-hydrogen) atoms. The standard InChI is InChI=1S/C17H23NO2S/c1-5-8-18-17(14-11-21-10-12(14)2)13-6-7-15(19-3)16(9-13)20-4/h6-7,9-11,17-18H,5,8H2,1-4H3. The SMILES string of the molecule is CCCNC(c1ccc(OC)c(OC)c1)c1cscc1C. The van der Waals surface area contributed by atoms with Crippen molar-refractivity contribution in [2.24, 2.45) is 0 Å². The highest BCUT2D eigenvalue weighted by atomic mass is 32.1. The zero-order chi connectivity index (χ0) is 15.2. The highest BCUT2D eigenvalue weighted by Gasteiger charge is 2.18. The van der Waals surface area contributed by atoms with Crippen molar-refractivity contribution in [2.75, 3.05) is 20.8 Å². The number of hydrogen-bond acceptors (Lipinski definition) is 4. The van der Waals surface area contributed by atoms with Crippen LogP contribution in [0.25, 0.3) is 0 Å². The summed E-state index contributed by atoms with van der Waals surface area (Å²) in [7, 11) is 3.33. The van der Waals surface area contributed by atoms with Gasteiger partial charge in [0, 0.05) is 0 Å². The molecule has 3 nitrogen and oxygen atoms in total. The van der Waals surface area contributed by atoms with Crippen molar-refractivity contribution in [3.8, 4) is 11.5 Å². The molecule has 4 heteroatoms. The number of rotatable bonds is 7. The van der Waals surface area contributed by atoms with E-state index in [-0.39, 0.29) is 6.04 Å². The van der Waals surface area contributed by atoms with Crippen molar-refractivity contribution in [3.05, 3.63) is 45.6 Å². The fraction of sp³-hybridized carbons (Fsp3) is 0.412. The molecule has 0 aliphatic heterocycles. The second kappa shape index (κ2) is 7.48. The number of benzene rings is 1. The molecule has 0 bridgehead atoms. The molecule has 1 aromatic carbocycles. The van der Waals surface area contributed by atoms with Crippen LogP contribution >= 0.6 is 11.3 Å². The molecule has 0 saturated carbocycles. The van der Waals surface area contributed by atoms with Crippen LogP contribution in [0.15, 0.2) is 29.0 Å². The van der Waals surface area contributed by atoms with Crippen molar-refractivity contribution in [2.45, 2.75) is 26.3 Å². The Kier molecular flexibility index (Phi) is 5.65. The molecule has 0 fully saturated rings. The number of nitrogens with one attached hydrogen (secondary N) is 1. The summed E-state index contributed by atoms with van der Waals surface area (Å²) in [5.74, 6) is 1.53. The summed E-state index contributed by atoms with van der Waals surface area (Å²) in [6.45, 7) is 5.32. The molecule has 114 valence electrons. The largest absolute Gasteiger partial charge is 0.493 e. The van der Waals surface area contributed by atoms with E-state index < -0.39 is 0 Å². The Bertz CT molecular complexity index is 580. The fourth-order valence-corrected chi connectivity index (χ4v) is 3.27. The van der Waals surface area contributed by atoms with Crippen LogP contribution in [0.5, 0.6) is 11.5 Å². The minimum atomic E-state index is 0.191. The topological polar surface area (TPSA) is 30.5 Å². The molecule has 2 rings (SSSR count). The first-order valence-electron chi connectivity index (χ1n) is 7.19. The van der Waals surface area contributed by atoms with E-state index in [1.165, 1.54) is 16.7 Å². The van der Waals surface area contributed by atoms with E-state index >= 15 is 0 Å². The van der Waals surface area contributed by atoms with E-state index in [0.29, 0.717) is 0 Å². The maximum atomic E-state index is 5.43. The summed E-state index contributed by atoms with van der Waals surface area (Å²) in [4.78, 5) is 0. The van der Waals surface area contributed by atoms with E-state index in [0.717, 1.165) is 24.5 Å². The highest BCUT2D eigenvalue weighted by Crippen LogP contribution is 2.34. The van der Waals surface area contributed by atoms with Gasteiger partial charge in [-0.25, -0.2) is 0 Å². The minimum absolute atomic E-state index is 0.191. The first-order valence-corrected chi connectivity index (χ1v) is 8.13. The zero-order valence-corrected chi connectivity index (χ0v) is 13.9. The van der Waals surface area contributed by atoms with Gasteiger partial charge in [-0.1, -0.05) is 13.0 Å². The first kappa shape index (κ1) is 15.9. The molecule has 0 saturated heterocycles. The zero-order valence-electron chi connectivity index (χ0n) is 13.1. The highest BCUT2D eigenvalue weighted by molar-refractivity contribution is 7.08. The molecule has 0 aliphatic rings. The Morgan fingerprint density at radius 1 is 1.14 bits per heavy atom. The normalized spacial score (nSPS) is 12.2. The molecule has 0 spiro atoms. The first-order chi connectivity index (χ1) is 10.2. The number of methoxy groups -OCH3 is 2. The summed E-state index contributed by atoms with van der Waals surface area (Å²) < 4.78 is 10.8. The van der Waals surface area contributed by atoms with E-state index in [9.17, 15) is 0 Å². The molecular formula is C17H23NO2S. The van der Waals surface area contributed by atoms with Crippen LogP contribution < -0.4 is 14.8 Å². The Labute approximate surface area is 130 Å². The molecule has 0 radical (unpaired) electrons. The van der Waals surface area contributed by atoms with Crippen LogP contribution in [0.2, 0.25) is 0 Å². The second-order valence-corrected chi connectivity index (χ2v) is 5.76. The van der Waals surface area contributed by atoms with Crippen LogP contribution in [0, 0.1) is 6.92 Å². The third-order valence-corrected chi connectivity index (χ3v) is 4.43. The van der Waals surface area contributed by atoms with Crippen LogP contribution in [0.4, 0.5) is 0 Å². The predicted molar refractivity (Wildman–Crippen MR) is 88.7 cm³/mol. The predicted octanol–water partition coefficient (Wildman–Crippen LogP) is 4.16. The molecule has 2 aromatic rings. The van der Waals surface area contributed by atoms with Crippen molar-refractivity contribution < 1.29 is 9.47 Å². The molecule has 1 atom stereocenters. The van der Waals surface area contributed by atoms with Crippen LogP contribution in [-0.2, 0) is 0 Å². The molecule has 1 heterocycles. The van der Waals surface area contributed by atoms with Crippen LogP contribution in [0.1, 0.15) is 36.1 Å². The third kappa shape index (κ3) is 3.57.